The smallest absolute Gasteiger partial charge is 0.340 e. The Morgan fingerprint density at radius 2 is 1.69 bits per heavy atom. The fourth-order valence-corrected chi connectivity index (χ4v) is 3.13. The van der Waals surface area contributed by atoms with E-state index < -0.39 is 24.0 Å². The zero-order valence-electron chi connectivity index (χ0n) is 15.6. The maximum absolute atomic E-state index is 12.6. The van der Waals surface area contributed by atoms with E-state index in [4.69, 9.17) is 21.1 Å². The predicted octanol–water partition coefficient (Wildman–Crippen LogP) is 3.37. The summed E-state index contributed by atoms with van der Waals surface area (Å²) in [5, 5.41) is 5.50. The van der Waals surface area contributed by atoms with Crippen molar-refractivity contribution in [2.75, 3.05) is 13.2 Å². The molecule has 1 aliphatic rings. The number of ether oxygens (including phenoxy) is 2. The first-order chi connectivity index (χ1) is 14.0. The summed E-state index contributed by atoms with van der Waals surface area (Å²) in [6, 6.07) is 14.2. The first kappa shape index (κ1) is 20.4. The predicted molar refractivity (Wildman–Crippen MR) is 106 cm³/mol. The summed E-state index contributed by atoms with van der Waals surface area (Å²) in [6.45, 7) is 1.52. The fourth-order valence-electron chi connectivity index (χ4n) is 2.92. The van der Waals surface area contributed by atoms with Gasteiger partial charge in [-0.1, -0.05) is 54.1 Å². The molecule has 2 amide bonds. The number of halogens is 1. The summed E-state index contributed by atoms with van der Waals surface area (Å²) in [6.07, 6.45) is 0. The SMILES string of the molecule is CCOC(=O)C1=C(COC(=O)c2ccccc2Cl)NC(=O)N[C@@H]1c1ccccc1. The molecule has 2 aromatic rings. The topological polar surface area (TPSA) is 93.7 Å². The van der Waals surface area contributed by atoms with Gasteiger partial charge in [0.25, 0.3) is 0 Å². The molecule has 2 N–H and O–H groups in total. The maximum Gasteiger partial charge on any atom is 0.340 e. The number of esters is 2. The van der Waals surface area contributed by atoms with E-state index in [2.05, 4.69) is 10.6 Å². The molecule has 150 valence electrons. The lowest BCUT2D eigenvalue weighted by Crippen LogP contribution is -2.47. The number of rotatable bonds is 6. The van der Waals surface area contributed by atoms with Crippen molar-refractivity contribution in [3.63, 3.8) is 0 Å². The van der Waals surface area contributed by atoms with Gasteiger partial charge in [-0.15, -0.1) is 0 Å². The van der Waals surface area contributed by atoms with Gasteiger partial charge in [-0.25, -0.2) is 14.4 Å². The van der Waals surface area contributed by atoms with Crippen molar-refractivity contribution in [3.05, 3.63) is 82.0 Å². The van der Waals surface area contributed by atoms with Crippen molar-refractivity contribution < 1.29 is 23.9 Å². The van der Waals surface area contributed by atoms with E-state index in [-0.39, 0.29) is 35.1 Å². The molecule has 0 spiro atoms. The van der Waals surface area contributed by atoms with Crippen molar-refractivity contribution in [1.29, 1.82) is 0 Å². The van der Waals surface area contributed by atoms with Gasteiger partial charge >= 0.3 is 18.0 Å². The average molecular weight is 415 g/mol. The molecule has 8 heteroatoms. The Bertz CT molecular complexity index is 959. The molecule has 2 aromatic carbocycles. The van der Waals surface area contributed by atoms with Gasteiger partial charge in [-0.3, -0.25) is 0 Å². The highest BCUT2D eigenvalue weighted by Gasteiger charge is 2.34. The van der Waals surface area contributed by atoms with Gasteiger partial charge in [0.1, 0.15) is 6.61 Å². The molecule has 1 heterocycles. The largest absolute Gasteiger partial charge is 0.463 e. The van der Waals surface area contributed by atoms with Gasteiger partial charge in [0.15, 0.2) is 0 Å². The molecule has 0 saturated carbocycles. The number of carbonyl (C=O) groups is 3. The van der Waals surface area contributed by atoms with Crippen LogP contribution >= 0.6 is 11.6 Å². The van der Waals surface area contributed by atoms with Crippen molar-refractivity contribution in [2.45, 2.75) is 13.0 Å². The lowest BCUT2D eigenvalue weighted by Gasteiger charge is -2.29. The Morgan fingerprint density at radius 1 is 1.00 bits per heavy atom. The quantitative estimate of drug-likeness (QED) is 0.707. The first-order valence-electron chi connectivity index (χ1n) is 8.95. The summed E-state index contributed by atoms with van der Waals surface area (Å²) in [5.41, 5.74) is 1.21. The molecule has 0 bridgehead atoms. The van der Waals surface area contributed by atoms with Crippen LogP contribution in [0.1, 0.15) is 28.9 Å². The Kier molecular flexibility index (Phi) is 6.51. The lowest BCUT2D eigenvalue weighted by molar-refractivity contribution is -0.139. The molecule has 0 aromatic heterocycles. The van der Waals surface area contributed by atoms with E-state index in [1.165, 1.54) is 6.07 Å². The van der Waals surface area contributed by atoms with Gasteiger partial charge < -0.3 is 20.1 Å². The molecule has 0 aliphatic carbocycles. The summed E-state index contributed by atoms with van der Waals surface area (Å²) in [4.78, 5) is 37.2. The van der Waals surface area contributed by atoms with Crippen LogP contribution in [0.5, 0.6) is 0 Å². The number of carbonyl (C=O) groups excluding carboxylic acids is 3. The molecule has 0 fully saturated rings. The standard InChI is InChI=1S/C21H19ClN2O5/c1-2-28-20(26)17-16(12-29-19(25)14-10-6-7-11-15(14)22)23-21(27)24-18(17)13-8-4-3-5-9-13/h3-11,18H,2,12H2,1H3,(H2,23,24,27)/t18-/m1/s1. The number of benzene rings is 2. The van der Waals surface area contributed by atoms with Gasteiger partial charge in [-0.05, 0) is 24.6 Å². The van der Waals surface area contributed by atoms with Crippen LogP contribution in [0.3, 0.4) is 0 Å². The molecule has 0 saturated heterocycles. The Morgan fingerprint density at radius 3 is 2.38 bits per heavy atom. The minimum atomic E-state index is -0.738. The highest BCUT2D eigenvalue weighted by Crippen LogP contribution is 2.28. The van der Waals surface area contributed by atoms with E-state index in [9.17, 15) is 14.4 Å². The maximum atomic E-state index is 12.6. The van der Waals surface area contributed by atoms with Crippen LogP contribution in [0, 0.1) is 0 Å². The number of hydrogen-bond acceptors (Lipinski definition) is 5. The van der Waals surface area contributed by atoms with Crippen molar-refractivity contribution in [3.8, 4) is 0 Å². The van der Waals surface area contributed by atoms with Crippen LogP contribution in [0.2, 0.25) is 5.02 Å². The van der Waals surface area contributed by atoms with E-state index in [1.54, 1.807) is 49.4 Å². The van der Waals surface area contributed by atoms with Crippen molar-refractivity contribution in [1.82, 2.24) is 10.6 Å². The molecule has 29 heavy (non-hydrogen) atoms. The van der Waals surface area contributed by atoms with Gasteiger partial charge in [0.05, 0.1) is 34.5 Å². The van der Waals surface area contributed by atoms with Crippen LogP contribution in [-0.2, 0) is 14.3 Å². The third-order valence-electron chi connectivity index (χ3n) is 4.22. The highest BCUT2D eigenvalue weighted by molar-refractivity contribution is 6.33. The van der Waals surface area contributed by atoms with Crippen LogP contribution < -0.4 is 10.6 Å². The van der Waals surface area contributed by atoms with Gasteiger partial charge in [-0.2, -0.15) is 0 Å². The number of hydrogen-bond donors (Lipinski definition) is 2. The van der Waals surface area contributed by atoms with E-state index in [0.29, 0.717) is 5.56 Å². The zero-order chi connectivity index (χ0) is 20.8. The van der Waals surface area contributed by atoms with E-state index in [0.717, 1.165) is 0 Å². The third kappa shape index (κ3) is 4.75. The number of amides is 2. The van der Waals surface area contributed by atoms with Crippen LogP contribution in [0.15, 0.2) is 65.9 Å². The number of nitrogens with one attached hydrogen (secondary N) is 2. The average Bonchev–Trinajstić information content (AvgIpc) is 2.72. The molecule has 1 atom stereocenters. The molecule has 3 rings (SSSR count). The minimum Gasteiger partial charge on any atom is -0.463 e. The normalized spacial score (nSPS) is 15.9. The van der Waals surface area contributed by atoms with Crippen LogP contribution in [0.25, 0.3) is 0 Å². The van der Waals surface area contributed by atoms with Crippen molar-refractivity contribution in [2.24, 2.45) is 0 Å². The Balaban J connectivity index is 1.92. The second-order valence-electron chi connectivity index (χ2n) is 6.11. The molecule has 7 nitrogen and oxygen atoms in total. The van der Waals surface area contributed by atoms with Crippen molar-refractivity contribution >= 4 is 29.6 Å². The summed E-state index contributed by atoms with van der Waals surface area (Å²) in [5.74, 6) is -1.28. The molecule has 1 aliphatic heterocycles. The van der Waals surface area contributed by atoms with Crippen LogP contribution in [0.4, 0.5) is 4.79 Å². The molecular formula is C21H19ClN2O5. The zero-order valence-corrected chi connectivity index (χ0v) is 16.4. The number of urea groups is 1. The van der Waals surface area contributed by atoms with E-state index >= 15 is 0 Å². The summed E-state index contributed by atoms with van der Waals surface area (Å²) < 4.78 is 10.5. The van der Waals surface area contributed by atoms with Gasteiger partial charge in [0.2, 0.25) is 0 Å². The third-order valence-corrected chi connectivity index (χ3v) is 4.55. The van der Waals surface area contributed by atoms with Gasteiger partial charge in [0, 0.05) is 0 Å². The van der Waals surface area contributed by atoms with E-state index in [1.807, 2.05) is 6.07 Å². The second kappa shape index (κ2) is 9.25. The highest BCUT2D eigenvalue weighted by atomic mass is 35.5. The fraction of sp³-hybridized carbons (Fsp3) is 0.190. The van der Waals surface area contributed by atoms with Crippen LogP contribution in [-0.4, -0.2) is 31.2 Å². The second-order valence-corrected chi connectivity index (χ2v) is 6.52. The Labute approximate surface area is 172 Å². The molecular weight excluding hydrogens is 396 g/mol. The minimum absolute atomic E-state index is 0.154. The summed E-state index contributed by atoms with van der Waals surface area (Å²) >= 11 is 6.02. The monoisotopic (exact) mass is 414 g/mol. The Hall–Kier alpha value is -3.32. The lowest BCUT2D eigenvalue weighted by atomic mass is 9.95. The molecule has 0 radical (unpaired) electrons. The molecule has 0 unspecified atom stereocenters. The first-order valence-corrected chi connectivity index (χ1v) is 9.33. The summed E-state index contributed by atoms with van der Waals surface area (Å²) in [7, 11) is 0.